The van der Waals surface area contributed by atoms with Gasteiger partial charge >= 0.3 is 7.60 Å². The number of alkyl halides is 1. The summed E-state index contributed by atoms with van der Waals surface area (Å²) in [7, 11) is -3.76. The maximum Gasteiger partial charge on any atom is 0.369 e. The van der Waals surface area contributed by atoms with Crippen molar-refractivity contribution in [2.45, 2.75) is 19.8 Å². The normalized spacial score (nSPS) is 13.6. The van der Waals surface area contributed by atoms with Crippen LogP contribution in [-0.2, 0) is 13.6 Å². The van der Waals surface area contributed by atoms with Crippen LogP contribution in [0.5, 0.6) is 0 Å². The second-order valence-corrected chi connectivity index (χ2v) is 5.75. The van der Waals surface area contributed by atoms with Crippen molar-refractivity contribution >= 4 is 19.2 Å². The summed E-state index contributed by atoms with van der Waals surface area (Å²) in [5, 5.41) is 0.489. The SMILES string of the molecule is CCOP(=O)(OCC)[C@H](F)c1ccc(Cl)cc1. The molecule has 0 heterocycles. The second-order valence-electron chi connectivity index (χ2n) is 3.26. The molecule has 0 aromatic heterocycles. The number of hydrogen-bond donors (Lipinski definition) is 0. The van der Waals surface area contributed by atoms with Gasteiger partial charge in [0, 0.05) is 5.02 Å². The van der Waals surface area contributed by atoms with E-state index in [1.165, 1.54) is 24.3 Å². The van der Waals surface area contributed by atoms with Crippen molar-refractivity contribution < 1.29 is 18.0 Å². The molecule has 0 saturated heterocycles. The second kappa shape index (κ2) is 6.50. The Hall–Kier alpha value is -0.410. The molecule has 0 spiro atoms. The minimum atomic E-state index is -3.76. The quantitative estimate of drug-likeness (QED) is 0.716. The highest BCUT2D eigenvalue weighted by Crippen LogP contribution is 2.61. The molecule has 0 bridgehead atoms. The van der Waals surface area contributed by atoms with Crippen LogP contribution in [0.3, 0.4) is 0 Å². The molecule has 1 rings (SSSR count). The molecule has 0 amide bonds. The Morgan fingerprint density at radius 3 is 2.12 bits per heavy atom. The molecule has 0 aliphatic carbocycles. The zero-order chi connectivity index (χ0) is 12.9. The highest BCUT2D eigenvalue weighted by molar-refractivity contribution is 7.54. The van der Waals surface area contributed by atoms with Gasteiger partial charge in [-0.25, -0.2) is 4.39 Å². The summed E-state index contributed by atoms with van der Waals surface area (Å²) in [5.74, 6) is -1.79. The summed E-state index contributed by atoms with van der Waals surface area (Å²) in [6, 6.07) is 6.01. The molecule has 96 valence electrons. The third kappa shape index (κ3) is 3.78. The summed E-state index contributed by atoms with van der Waals surface area (Å²) in [6.45, 7) is 3.54. The maximum absolute atomic E-state index is 14.1. The maximum atomic E-state index is 14.1. The minimum Gasteiger partial charge on any atom is -0.307 e. The Kier molecular flexibility index (Phi) is 5.60. The van der Waals surface area contributed by atoms with Gasteiger partial charge in [-0.1, -0.05) is 23.7 Å². The monoisotopic (exact) mass is 280 g/mol. The fourth-order valence-corrected chi connectivity index (χ4v) is 3.05. The van der Waals surface area contributed by atoms with E-state index in [0.717, 1.165) is 0 Å². The van der Waals surface area contributed by atoms with Gasteiger partial charge in [-0.05, 0) is 31.5 Å². The Balaban J connectivity index is 2.95. The van der Waals surface area contributed by atoms with E-state index in [2.05, 4.69) is 0 Å². The summed E-state index contributed by atoms with van der Waals surface area (Å²) in [6.07, 6.45) is 0. The highest BCUT2D eigenvalue weighted by Gasteiger charge is 2.37. The molecule has 3 nitrogen and oxygen atoms in total. The van der Waals surface area contributed by atoms with Crippen molar-refractivity contribution in [2.75, 3.05) is 13.2 Å². The van der Waals surface area contributed by atoms with Crippen LogP contribution >= 0.6 is 19.2 Å². The van der Waals surface area contributed by atoms with Crippen LogP contribution in [-0.4, -0.2) is 13.2 Å². The Morgan fingerprint density at radius 1 is 1.24 bits per heavy atom. The zero-order valence-corrected chi connectivity index (χ0v) is 11.4. The standard InChI is InChI=1S/C11H15ClFO3P/c1-3-15-17(14,16-4-2)11(13)9-5-7-10(12)8-6-9/h5-8,11H,3-4H2,1-2H3/t11-/m0/s1. The van der Waals surface area contributed by atoms with Gasteiger partial charge < -0.3 is 9.05 Å². The van der Waals surface area contributed by atoms with Crippen LogP contribution in [0.15, 0.2) is 24.3 Å². The van der Waals surface area contributed by atoms with Crippen LogP contribution in [0.2, 0.25) is 5.02 Å². The highest BCUT2D eigenvalue weighted by atomic mass is 35.5. The number of benzene rings is 1. The first-order valence-electron chi connectivity index (χ1n) is 5.31. The van der Waals surface area contributed by atoms with Gasteiger partial charge in [0.05, 0.1) is 13.2 Å². The summed E-state index contributed by atoms with van der Waals surface area (Å²) >= 11 is 5.70. The topological polar surface area (TPSA) is 35.5 Å². The number of halogens is 2. The molecule has 0 saturated carbocycles. The molecule has 0 fully saturated rings. The Bertz CT molecular complexity index is 386. The molecular formula is C11H15ClFO3P. The lowest BCUT2D eigenvalue weighted by molar-refractivity contribution is 0.190. The molecule has 1 atom stereocenters. The summed E-state index contributed by atoms with van der Waals surface area (Å²) in [4.78, 5) is 0. The van der Waals surface area contributed by atoms with Gasteiger partial charge in [-0.3, -0.25) is 4.57 Å². The first-order valence-corrected chi connectivity index (χ1v) is 7.30. The van der Waals surface area contributed by atoms with E-state index in [4.69, 9.17) is 20.6 Å². The van der Waals surface area contributed by atoms with Crippen LogP contribution in [0.25, 0.3) is 0 Å². The molecular weight excluding hydrogens is 266 g/mol. The van der Waals surface area contributed by atoms with Crippen molar-refractivity contribution in [3.05, 3.63) is 34.9 Å². The van der Waals surface area contributed by atoms with Crippen molar-refractivity contribution in [3.8, 4) is 0 Å². The molecule has 0 unspecified atom stereocenters. The fourth-order valence-electron chi connectivity index (χ4n) is 1.33. The molecule has 1 aromatic rings. The molecule has 0 radical (unpaired) electrons. The molecule has 1 aromatic carbocycles. The lowest BCUT2D eigenvalue weighted by Gasteiger charge is -2.20. The van der Waals surface area contributed by atoms with Crippen LogP contribution < -0.4 is 0 Å². The van der Waals surface area contributed by atoms with Gasteiger partial charge in [0.1, 0.15) is 0 Å². The average molecular weight is 281 g/mol. The molecule has 0 aliphatic heterocycles. The van der Waals surface area contributed by atoms with Crippen molar-refractivity contribution in [1.29, 1.82) is 0 Å². The van der Waals surface area contributed by atoms with Gasteiger partial charge in [0.15, 0.2) is 0 Å². The van der Waals surface area contributed by atoms with Gasteiger partial charge in [-0.15, -0.1) is 0 Å². The van der Waals surface area contributed by atoms with Crippen LogP contribution in [0.1, 0.15) is 25.3 Å². The third-order valence-electron chi connectivity index (χ3n) is 2.04. The van der Waals surface area contributed by atoms with Gasteiger partial charge in [-0.2, -0.15) is 0 Å². The largest absolute Gasteiger partial charge is 0.369 e. The molecule has 6 heteroatoms. The fraction of sp³-hybridized carbons (Fsp3) is 0.455. The Labute approximate surface area is 105 Å². The van der Waals surface area contributed by atoms with E-state index in [1.54, 1.807) is 13.8 Å². The summed E-state index contributed by atoms with van der Waals surface area (Å²) < 4.78 is 36.2. The van der Waals surface area contributed by atoms with E-state index < -0.39 is 13.5 Å². The number of hydrogen-bond acceptors (Lipinski definition) is 3. The first kappa shape index (κ1) is 14.7. The smallest absolute Gasteiger partial charge is 0.307 e. The van der Waals surface area contributed by atoms with Gasteiger partial charge in [0.25, 0.3) is 0 Å². The Morgan fingerprint density at radius 2 is 1.71 bits per heavy atom. The first-order chi connectivity index (χ1) is 8.03. The summed E-state index contributed by atoms with van der Waals surface area (Å²) in [5.41, 5.74) is 0.236. The minimum absolute atomic E-state index is 0.130. The van der Waals surface area contributed by atoms with Gasteiger partial charge in [0.2, 0.25) is 5.91 Å². The molecule has 17 heavy (non-hydrogen) atoms. The molecule has 0 aliphatic rings. The van der Waals surface area contributed by atoms with Crippen LogP contribution in [0.4, 0.5) is 4.39 Å². The van der Waals surface area contributed by atoms with Crippen LogP contribution in [0, 0.1) is 0 Å². The van der Waals surface area contributed by atoms with E-state index in [1.807, 2.05) is 0 Å². The third-order valence-corrected chi connectivity index (χ3v) is 4.38. The van der Waals surface area contributed by atoms with E-state index >= 15 is 0 Å². The van der Waals surface area contributed by atoms with Crippen molar-refractivity contribution in [2.24, 2.45) is 0 Å². The lowest BCUT2D eigenvalue weighted by Crippen LogP contribution is -2.02. The predicted molar refractivity (Wildman–Crippen MR) is 66.2 cm³/mol. The van der Waals surface area contributed by atoms with E-state index in [9.17, 15) is 8.96 Å². The predicted octanol–water partition coefficient (Wildman–Crippen LogP) is 4.57. The zero-order valence-electron chi connectivity index (χ0n) is 9.73. The average Bonchev–Trinajstić information content (AvgIpc) is 2.30. The number of rotatable bonds is 6. The van der Waals surface area contributed by atoms with Crippen molar-refractivity contribution in [3.63, 3.8) is 0 Å². The molecule has 0 N–H and O–H groups in total. The lowest BCUT2D eigenvalue weighted by atomic mass is 10.2. The van der Waals surface area contributed by atoms with E-state index in [0.29, 0.717) is 5.02 Å². The van der Waals surface area contributed by atoms with Crippen molar-refractivity contribution in [1.82, 2.24) is 0 Å². The van der Waals surface area contributed by atoms with E-state index in [-0.39, 0.29) is 18.8 Å².